The quantitative estimate of drug-likeness (QED) is 0.779. The van der Waals surface area contributed by atoms with E-state index in [9.17, 15) is 18.0 Å². The Morgan fingerprint density at radius 1 is 1.31 bits per heavy atom. The molecule has 3 rings (SSSR count). The number of esters is 1. The highest BCUT2D eigenvalue weighted by atomic mass is 35.5. The summed E-state index contributed by atoms with van der Waals surface area (Å²) in [6.07, 6.45) is 4.47. The number of nitrogens with zero attached hydrogens (tertiary/aromatic N) is 2. The third-order valence-corrected chi connectivity index (χ3v) is 5.21. The number of amidine groups is 1. The van der Waals surface area contributed by atoms with E-state index >= 15 is 0 Å². The van der Waals surface area contributed by atoms with Gasteiger partial charge in [-0.3, -0.25) is 4.79 Å². The van der Waals surface area contributed by atoms with E-state index in [2.05, 4.69) is 14.5 Å². The number of halogens is 1. The largest absolute Gasteiger partial charge is 0.465 e. The Balaban J connectivity index is 1.79. The maximum atomic E-state index is 12.4. The number of carbonyl (C=O) groups excluding carboxylic acids is 2. The summed E-state index contributed by atoms with van der Waals surface area (Å²) in [5, 5.41) is 2.87. The zero-order valence-electron chi connectivity index (χ0n) is 13.6. The highest BCUT2D eigenvalue weighted by Crippen LogP contribution is 2.22. The molecule has 0 fully saturated rings. The van der Waals surface area contributed by atoms with Crippen LogP contribution in [-0.4, -0.2) is 50.4 Å². The van der Waals surface area contributed by atoms with E-state index < -0.39 is 21.9 Å². The van der Waals surface area contributed by atoms with Crippen LogP contribution in [0.5, 0.6) is 0 Å². The molecule has 0 saturated carbocycles. The number of anilines is 1. The molecule has 1 N–H and O–H groups in total. The number of sulfonamides is 1. The lowest BCUT2D eigenvalue weighted by molar-refractivity contribution is -0.112. The second-order valence-electron chi connectivity index (χ2n) is 5.49. The van der Waals surface area contributed by atoms with Crippen molar-refractivity contribution < 1.29 is 22.7 Å². The Labute approximate surface area is 154 Å². The van der Waals surface area contributed by atoms with Crippen molar-refractivity contribution in [2.24, 2.45) is 4.40 Å². The summed E-state index contributed by atoms with van der Waals surface area (Å²) < 4.78 is 31.3. The van der Waals surface area contributed by atoms with Gasteiger partial charge in [0, 0.05) is 18.4 Å². The Hall–Kier alpha value is -2.65. The van der Waals surface area contributed by atoms with E-state index in [4.69, 9.17) is 11.6 Å². The SMILES string of the molecule is COC(=O)c1cc(NC(=O)C2=CN3CCS(=O)(=O)N=C3C=C2)ccc1Cl. The third kappa shape index (κ3) is 3.78. The molecule has 26 heavy (non-hydrogen) atoms. The first-order valence-corrected chi connectivity index (χ1v) is 9.46. The van der Waals surface area contributed by atoms with Crippen LogP contribution in [0.15, 0.2) is 46.5 Å². The Kier molecular flexibility index (Phi) is 4.84. The zero-order chi connectivity index (χ0) is 18.9. The van der Waals surface area contributed by atoms with Crippen LogP contribution < -0.4 is 5.32 Å². The molecular formula is C16H14ClN3O5S. The normalized spacial score (nSPS) is 17.7. The van der Waals surface area contributed by atoms with Gasteiger partial charge in [0.25, 0.3) is 15.9 Å². The smallest absolute Gasteiger partial charge is 0.339 e. The minimum atomic E-state index is -3.45. The molecule has 1 aromatic carbocycles. The molecule has 1 aromatic rings. The first-order chi connectivity index (χ1) is 12.3. The predicted octanol–water partition coefficient (Wildman–Crippen LogP) is 1.56. The Bertz CT molecular complexity index is 982. The number of hydrogen-bond donors (Lipinski definition) is 1. The van der Waals surface area contributed by atoms with Crippen LogP contribution >= 0.6 is 11.6 Å². The minimum absolute atomic E-state index is 0.116. The molecule has 0 aromatic heterocycles. The van der Waals surface area contributed by atoms with Crippen molar-refractivity contribution in [3.05, 3.63) is 52.7 Å². The first-order valence-electron chi connectivity index (χ1n) is 7.47. The van der Waals surface area contributed by atoms with E-state index in [-0.39, 0.29) is 28.7 Å². The van der Waals surface area contributed by atoms with Crippen molar-refractivity contribution in [1.82, 2.24) is 4.90 Å². The average molecular weight is 396 g/mol. The molecule has 2 aliphatic heterocycles. The van der Waals surface area contributed by atoms with Gasteiger partial charge in [-0.1, -0.05) is 11.6 Å². The molecular weight excluding hydrogens is 382 g/mol. The lowest BCUT2D eigenvalue weighted by Gasteiger charge is -2.26. The highest BCUT2D eigenvalue weighted by Gasteiger charge is 2.25. The first kappa shape index (κ1) is 18.2. The lowest BCUT2D eigenvalue weighted by atomic mass is 10.1. The molecule has 2 aliphatic rings. The second-order valence-corrected chi connectivity index (χ2v) is 7.65. The maximum Gasteiger partial charge on any atom is 0.339 e. The van der Waals surface area contributed by atoms with Crippen LogP contribution in [0.4, 0.5) is 5.69 Å². The Morgan fingerprint density at radius 3 is 2.81 bits per heavy atom. The number of fused-ring (bicyclic) bond motifs is 1. The number of nitrogens with one attached hydrogen (secondary N) is 1. The fourth-order valence-electron chi connectivity index (χ4n) is 2.41. The van der Waals surface area contributed by atoms with E-state index in [1.807, 2.05) is 0 Å². The molecule has 0 spiro atoms. The van der Waals surface area contributed by atoms with Crippen molar-refractivity contribution in [1.29, 1.82) is 0 Å². The molecule has 2 heterocycles. The summed E-state index contributed by atoms with van der Waals surface area (Å²) in [6, 6.07) is 4.45. The summed E-state index contributed by atoms with van der Waals surface area (Å²) in [6.45, 7) is 0.218. The maximum absolute atomic E-state index is 12.4. The van der Waals surface area contributed by atoms with Gasteiger partial charge in [-0.05, 0) is 30.4 Å². The van der Waals surface area contributed by atoms with Crippen molar-refractivity contribution >= 4 is 45.0 Å². The predicted molar refractivity (Wildman–Crippen MR) is 96.6 cm³/mol. The standard InChI is InChI=1S/C16H14ClN3O5S/c1-25-16(22)12-8-11(3-4-13(12)17)18-15(21)10-2-5-14-19-26(23,24)7-6-20(14)9-10/h2-5,8-9H,6-7H2,1H3,(H,18,21). The number of ether oxygens (including phenoxy) is 1. The fourth-order valence-corrected chi connectivity index (χ4v) is 3.57. The zero-order valence-corrected chi connectivity index (χ0v) is 15.2. The van der Waals surface area contributed by atoms with E-state index in [0.717, 1.165) is 0 Å². The van der Waals surface area contributed by atoms with Gasteiger partial charge in [0.1, 0.15) is 5.84 Å². The summed E-state index contributed by atoms with van der Waals surface area (Å²) >= 11 is 5.95. The molecule has 0 atom stereocenters. The van der Waals surface area contributed by atoms with E-state index in [0.29, 0.717) is 11.3 Å². The van der Waals surface area contributed by atoms with Gasteiger partial charge in [0.05, 0.1) is 29.0 Å². The van der Waals surface area contributed by atoms with Crippen LogP contribution in [0.1, 0.15) is 10.4 Å². The number of amides is 1. The molecule has 0 unspecified atom stereocenters. The number of carbonyl (C=O) groups is 2. The van der Waals surface area contributed by atoms with Gasteiger partial charge in [0.15, 0.2) is 0 Å². The summed E-state index contributed by atoms with van der Waals surface area (Å²) in [5.41, 5.74) is 0.823. The van der Waals surface area contributed by atoms with Crippen molar-refractivity contribution in [2.45, 2.75) is 0 Å². The van der Waals surface area contributed by atoms with Gasteiger partial charge >= 0.3 is 5.97 Å². The van der Waals surface area contributed by atoms with Crippen molar-refractivity contribution in [3.8, 4) is 0 Å². The average Bonchev–Trinajstić information content (AvgIpc) is 2.61. The van der Waals surface area contributed by atoms with Crippen molar-refractivity contribution in [2.75, 3.05) is 24.7 Å². The molecule has 8 nitrogen and oxygen atoms in total. The second kappa shape index (κ2) is 6.93. The topological polar surface area (TPSA) is 105 Å². The molecule has 10 heteroatoms. The lowest BCUT2D eigenvalue weighted by Crippen LogP contribution is -2.37. The van der Waals surface area contributed by atoms with Gasteiger partial charge in [0.2, 0.25) is 0 Å². The van der Waals surface area contributed by atoms with Gasteiger partial charge < -0.3 is 15.0 Å². The highest BCUT2D eigenvalue weighted by molar-refractivity contribution is 7.90. The summed E-state index contributed by atoms with van der Waals surface area (Å²) in [5.74, 6) is -0.882. The van der Waals surface area contributed by atoms with Crippen LogP contribution in [0.2, 0.25) is 5.02 Å². The summed E-state index contributed by atoms with van der Waals surface area (Å²) in [4.78, 5) is 25.7. The van der Waals surface area contributed by atoms with Gasteiger partial charge in [-0.25, -0.2) is 13.2 Å². The third-order valence-electron chi connectivity index (χ3n) is 3.72. The van der Waals surface area contributed by atoms with E-state index in [1.54, 1.807) is 11.0 Å². The Morgan fingerprint density at radius 2 is 2.08 bits per heavy atom. The molecule has 0 aliphatic carbocycles. The molecule has 0 radical (unpaired) electrons. The number of rotatable bonds is 3. The van der Waals surface area contributed by atoms with Crippen LogP contribution in [0, 0.1) is 0 Å². The van der Waals surface area contributed by atoms with Crippen LogP contribution in [-0.2, 0) is 19.6 Å². The molecule has 0 bridgehead atoms. The minimum Gasteiger partial charge on any atom is -0.465 e. The number of methoxy groups -OCH3 is 1. The van der Waals surface area contributed by atoms with Crippen molar-refractivity contribution in [3.63, 3.8) is 0 Å². The van der Waals surface area contributed by atoms with Gasteiger partial charge in [-0.2, -0.15) is 0 Å². The molecule has 0 saturated heterocycles. The number of hydrogen-bond acceptors (Lipinski definition) is 6. The number of benzene rings is 1. The fraction of sp³-hybridized carbons (Fsp3) is 0.188. The van der Waals surface area contributed by atoms with Crippen LogP contribution in [0.3, 0.4) is 0 Å². The summed E-state index contributed by atoms with van der Waals surface area (Å²) in [7, 11) is -2.21. The van der Waals surface area contributed by atoms with Gasteiger partial charge in [-0.15, -0.1) is 4.40 Å². The van der Waals surface area contributed by atoms with Crippen LogP contribution in [0.25, 0.3) is 0 Å². The molecule has 136 valence electrons. The van der Waals surface area contributed by atoms with E-state index in [1.165, 1.54) is 37.6 Å². The molecule has 1 amide bonds. The monoisotopic (exact) mass is 395 g/mol.